The van der Waals surface area contributed by atoms with Gasteiger partial charge in [0, 0.05) is 25.1 Å². The molecule has 2 aromatic heterocycles. The van der Waals surface area contributed by atoms with Gasteiger partial charge in [0.2, 0.25) is 5.89 Å². The largest absolute Gasteiger partial charge is 0.340 e. The number of rotatable bonds is 4. The molecule has 3 aromatic rings. The Labute approximate surface area is 157 Å². The van der Waals surface area contributed by atoms with Gasteiger partial charge < -0.3 is 9.42 Å². The molecule has 0 N–H and O–H groups in total. The van der Waals surface area contributed by atoms with Crippen LogP contribution in [-0.2, 0) is 6.54 Å². The van der Waals surface area contributed by atoms with Crippen LogP contribution in [0.5, 0.6) is 0 Å². The smallest absolute Gasteiger partial charge is 0.254 e. The lowest BCUT2D eigenvalue weighted by atomic mass is 10.0. The zero-order valence-electron chi connectivity index (χ0n) is 15.6. The van der Waals surface area contributed by atoms with E-state index in [9.17, 15) is 10.1 Å². The molecule has 136 valence electrons. The van der Waals surface area contributed by atoms with Crippen molar-refractivity contribution in [3.8, 4) is 17.3 Å². The van der Waals surface area contributed by atoms with Gasteiger partial charge in [-0.3, -0.25) is 9.78 Å². The van der Waals surface area contributed by atoms with Crippen LogP contribution in [0.15, 0.2) is 34.9 Å². The summed E-state index contributed by atoms with van der Waals surface area (Å²) in [4.78, 5) is 22.9. The zero-order chi connectivity index (χ0) is 19.6. The molecule has 0 aliphatic rings. The van der Waals surface area contributed by atoms with Crippen molar-refractivity contribution in [3.63, 3.8) is 0 Å². The van der Waals surface area contributed by atoms with E-state index in [1.165, 1.54) is 4.90 Å². The maximum Gasteiger partial charge on any atom is 0.254 e. The average molecular weight is 361 g/mol. The Morgan fingerprint density at radius 1 is 1.22 bits per heavy atom. The van der Waals surface area contributed by atoms with Gasteiger partial charge in [-0.1, -0.05) is 17.3 Å². The van der Waals surface area contributed by atoms with E-state index in [-0.39, 0.29) is 12.5 Å². The van der Waals surface area contributed by atoms with Crippen LogP contribution < -0.4 is 0 Å². The van der Waals surface area contributed by atoms with Crippen molar-refractivity contribution in [2.45, 2.75) is 27.3 Å². The van der Waals surface area contributed by atoms with Gasteiger partial charge in [-0.05, 0) is 37.6 Å². The lowest BCUT2D eigenvalue weighted by Gasteiger charge is -2.15. The number of hydrogen-bond acceptors (Lipinski definition) is 6. The number of pyridine rings is 1. The molecule has 27 heavy (non-hydrogen) atoms. The molecule has 0 bridgehead atoms. The minimum atomic E-state index is -0.151. The first kappa shape index (κ1) is 18.3. The van der Waals surface area contributed by atoms with Gasteiger partial charge in [-0.2, -0.15) is 10.2 Å². The fourth-order valence-electron chi connectivity index (χ4n) is 2.87. The second-order valence-electron chi connectivity index (χ2n) is 6.37. The third kappa shape index (κ3) is 3.85. The van der Waals surface area contributed by atoms with E-state index >= 15 is 0 Å². The molecule has 1 aromatic carbocycles. The van der Waals surface area contributed by atoms with Gasteiger partial charge >= 0.3 is 0 Å². The molecule has 2 heterocycles. The normalized spacial score (nSPS) is 10.5. The molecule has 0 fully saturated rings. The summed E-state index contributed by atoms with van der Waals surface area (Å²) in [5.41, 5.74) is 4.21. The molecule has 0 atom stereocenters. The lowest BCUT2D eigenvalue weighted by Crippen LogP contribution is -2.26. The molecule has 0 saturated heterocycles. The minimum Gasteiger partial charge on any atom is -0.340 e. The molecular weight excluding hydrogens is 342 g/mol. The van der Waals surface area contributed by atoms with E-state index in [2.05, 4.69) is 21.2 Å². The minimum absolute atomic E-state index is 0.151. The summed E-state index contributed by atoms with van der Waals surface area (Å²) >= 11 is 0. The predicted octanol–water partition coefficient (Wildman–Crippen LogP) is 3.20. The molecule has 0 aliphatic heterocycles. The molecule has 0 aliphatic carbocycles. The van der Waals surface area contributed by atoms with Gasteiger partial charge in [0.15, 0.2) is 5.82 Å². The van der Waals surface area contributed by atoms with Crippen LogP contribution in [0.2, 0.25) is 0 Å². The van der Waals surface area contributed by atoms with Gasteiger partial charge in [-0.15, -0.1) is 0 Å². The molecule has 0 saturated carbocycles. The molecule has 3 rings (SSSR count). The van der Waals surface area contributed by atoms with Crippen LogP contribution in [0.3, 0.4) is 0 Å². The summed E-state index contributed by atoms with van der Waals surface area (Å²) in [5.74, 6) is 0.770. The second kappa shape index (κ2) is 7.38. The van der Waals surface area contributed by atoms with Gasteiger partial charge in [0.25, 0.3) is 5.91 Å². The summed E-state index contributed by atoms with van der Waals surface area (Å²) in [6.45, 7) is 5.65. The summed E-state index contributed by atoms with van der Waals surface area (Å²) in [6.07, 6.45) is 0. The molecule has 7 heteroatoms. The Balaban J connectivity index is 1.87. The highest BCUT2D eigenvalue weighted by molar-refractivity contribution is 5.95. The van der Waals surface area contributed by atoms with Crippen LogP contribution in [0.25, 0.3) is 11.3 Å². The van der Waals surface area contributed by atoms with E-state index in [4.69, 9.17) is 4.52 Å². The average Bonchev–Trinajstić information content (AvgIpc) is 3.05. The highest BCUT2D eigenvalue weighted by Gasteiger charge is 2.16. The van der Waals surface area contributed by atoms with Crippen molar-refractivity contribution in [3.05, 3.63) is 64.4 Å². The number of benzene rings is 1. The molecular formula is C20H19N5O2. The molecule has 0 unspecified atom stereocenters. The summed E-state index contributed by atoms with van der Waals surface area (Å²) in [6, 6.07) is 11.3. The first-order valence-corrected chi connectivity index (χ1v) is 8.42. The van der Waals surface area contributed by atoms with Crippen molar-refractivity contribution in [2.75, 3.05) is 7.05 Å². The van der Waals surface area contributed by atoms with Gasteiger partial charge in [-0.25, -0.2) is 0 Å². The van der Waals surface area contributed by atoms with Gasteiger partial charge in [0.1, 0.15) is 6.07 Å². The van der Waals surface area contributed by atoms with Crippen molar-refractivity contribution in [1.82, 2.24) is 20.0 Å². The van der Waals surface area contributed by atoms with E-state index in [1.807, 2.05) is 32.0 Å². The number of nitriles is 1. The molecule has 0 spiro atoms. The molecule has 1 amide bonds. The number of hydrogen-bond donors (Lipinski definition) is 0. The number of carbonyl (C=O) groups excluding carboxylic acids is 1. The van der Waals surface area contributed by atoms with Crippen molar-refractivity contribution < 1.29 is 9.32 Å². The summed E-state index contributed by atoms with van der Waals surface area (Å²) in [5, 5.41) is 13.0. The Morgan fingerprint density at radius 2 is 2.00 bits per heavy atom. The third-order valence-corrected chi connectivity index (χ3v) is 4.21. The van der Waals surface area contributed by atoms with Crippen LogP contribution in [0, 0.1) is 32.1 Å². The first-order chi connectivity index (χ1) is 12.9. The highest BCUT2D eigenvalue weighted by atomic mass is 16.5. The Kier molecular flexibility index (Phi) is 4.99. The predicted molar refractivity (Wildman–Crippen MR) is 98.7 cm³/mol. The van der Waals surface area contributed by atoms with Crippen LogP contribution in [-0.4, -0.2) is 33.0 Å². The number of carbonyl (C=O) groups is 1. The quantitative estimate of drug-likeness (QED) is 0.708. The summed E-state index contributed by atoms with van der Waals surface area (Å²) in [7, 11) is 1.69. The summed E-state index contributed by atoms with van der Waals surface area (Å²) < 4.78 is 4.94. The monoisotopic (exact) mass is 361 g/mol. The number of aryl methyl sites for hydroxylation is 3. The Hall–Kier alpha value is -3.53. The highest BCUT2D eigenvalue weighted by Crippen LogP contribution is 2.23. The van der Waals surface area contributed by atoms with E-state index in [0.29, 0.717) is 28.5 Å². The van der Waals surface area contributed by atoms with Crippen molar-refractivity contribution in [1.29, 1.82) is 5.26 Å². The SMILES string of the molecule is Cc1nc(CN(C)C(=O)c2cccc(-c3cc(C)c(C#N)c(C)n3)c2)no1. The fourth-order valence-corrected chi connectivity index (χ4v) is 2.87. The van der Waals surface area contributed by atoms with Crippen LogP contribution in [0.1, 0.15) is 38.9 Å². The second-order valence-corrected chi connectivity index (χ2v) is 6.37. The number of aromatic nitrogens is 3. The third-order valence-electron chi connectivity index (χ3n) is 4.21. The van der Waals surface area contributed by atoms with E-state index in [1.54, 1.807) is 26.1 Å². The van der Waals surface area contributed by atoms with E-state index < -0.39 is 0 Å². The first-order valence-electron chi connectivity index (χ1n) is 8.42. The Morgan fingerprint density at radius 3 is 2.63 bits per heavy atom. The zero-order valence-corrected chi connectivity index (χ0v) is 15.6. The lowest BCUT2D eigenvalue weighted by molar-refractivity contribution is 0.0780. The maximum absolute atomic E-state index is 12.7. The maximum atomic E-state index is 12.7. The topological polar surface area (TPSA) is 95.9 Å². The van der Waals surface area contributed by atoms with Crippen LogP contribution in [0.4, 0.5) is 0 Å². The standard InChI is InChI=1S/C20H19N5O2/c1-12-8-18(22-13(2)17(12)10-21)15-6-5-7-16(9-15)20(26)25(4)11-19-23-14(3)27-24-19/h5-9H,11H2,1-4H3. The van der Waals surface area contributed by atoms with E-state index in [0.717, 1.165) is 16.8 Å². The number of amides is 1. The fraction of sp³-hybridized carbons (Fsp3) is 0.250. The number of nitrogens with zero attached hydrogens (tertiary/aromatic N) is 5. The Bertz CT molecular complexity index is 1030. The van der Waals surface area contributed by atoms with Crippen molar-refractivity contribution >= 4 is 5.91 Å². The van der Waals surface area contributed by atoms with Crippen LogP contribution >= 0.6 is 0 Å². The molecule has 7 nitrogen and oxygen atoms in total. The van der Waals surface area contributed by atoms with Gasteiger partial charge in [0.05, 0.1) is 23.5 Å². The van der Waals surface area contributed by atoms with Crippen molar-refractivity contribution in [2.24, 2.45) is 0 Å². The molecule has 0 radical (unpaired) electrons.